The predicted octanol–water partition coefficient (Wildman–Crippen LogP) is 3.01. The molecule has 1 aliphatic heterocycles. The predicted molar refractivity (Wildman–Crippen MR) is 145 cm³/mol. The molecule has 0 spiro atoms. The summed E-state index contributed by atoms with van der Waals surface area (Å²) in [7, 11) is -2.68. The van der Waals surface area contributed by atoms with Crippen LogP contribution in [-0.4, -0.2) is 61.6 Å². The number of hydrogen-bond donors (Lipinski definition) is 1. The van der Waals surface area contributed by atoms with Gasteiger partial charge in [0.15, 0.2) is 0 Å². The largest absolute Gasteiger partial charge is 0.497 e. The molecule has 0 aliphatic carbocycles. The highest BCUT2D eigenvalue weighted by atomic mass is 32.2. The Labute approximate surface area is 228 Å². The lowest BCUT2D eigenvalue weighted by Gasteiger charge is -2.32. The van der Waals surface area contributed by atoms with E-state index in [0.29, 0.717) is 28.6 Å². The lowest BCUT2D eigenvalue weighted by atomic mass is 10.0. The van der Waals surface area contributed by atoms with Crippen molar-refractivity contribution in [3.05, 3.63) is 95.6 Å². The van der Waals surface area contributed by atoms with Crippen molar-refractivity contribution in [1.82, 2.24) is 14.5 Å². The van der Waals surface area contributed by atoms with Gasteiger partial charge in [-0.1, -0.05) is 61.5 Å². The Morgan fingerprint density at radius 2 is 1.67 bits per heavy atom. The van der Waals surface area contributed by atoms with E-state index in [1.165, 1.54) is 30.2 Å². The Balaban J connectivity index is 1.71. The minimum Gasteiger partial charge on any atom is -0.497 e. The normalized spacial score (nSPS) is 14.4. The van der Waals surface area contributed by atoms with Crippen molar-refractivity contribution in [3.8, 4) is 5.75 Å². The first-order chi connectivity index (χ1) is 18.8. The highest BCUT2D eigenvalue weighted by molar-refractivity contribution is 7.90. The van der Waals surface area contributed by atoms with Crippen LogP contribution in [0.1, 0.15) is 34.8 Å². The molecule has 0 saturated carbocycles. The summed E-state index contributed by atoms with van der Waals surface area (Å²) < 4.78 is 32.2. The van der Waals surface area contributed by atoms with Gasteiger partial charge in [0.2, 0.25) is 11.8 Å². The van der Waals surface area contributed by atoms with Gasteiger partial charge in [-0.05, 0) is 41.8 Å². The molecule has 204 valence electrons. The van der Waals surface area contributed by atoms with Gasteiger partial charge in [-0.25, -0.2) is 12.7 Å². The molecular weight excluding hydrogens is 518 g/mol. The molecule has 1 aliphatic rings. The zero-order valence-electron chi connectivity index (χ0n) is 21.9. The topological polar surface area (TPSA) is 113 Å². The Morgan fingerprint density at radius 1 is 0.974 bits per heavy atom. The number of hydrogen-bond acceptors (Lipinski definition) is 6. The maximum absolute atomic E-state index is 13.9. The maximum atomic E-state index is 13.9. The van der Waals surface area contributed by atoms with Gasteiger partial charge in [-0.3, -0.25) is 14.4 Å². The van der Waals surface area contributed by atoms with Crippen LogP contribution in [0.2, 0.25) is 0 Å². The molecule has 3 aromatic rings. The number of fused-ring (bicyclic) bond motifs is 1. The zero-order chi connectivity index (χ0) is 28.0. The maximum Gasteiger partial charge on any atom is 0.269 e. The van der Waals surface area contributed by atoms with Crippen LogP contribution in [0, 0.1) is 0 Å². The molecule has 1 heterocycles. The molecule has 0 saturated heterocycles. The van der Waals surface area contributed by atoms with Gasteiger partial charge in [0.1, 0.15) is 23.2 Å². The summed E-state index contributed by atoms with van der Waals surface area (Å²) in [5.41, 5.74) is 1.53. The summed E-state index contributed by atoms with van der Waals surface area (Å²) in [5.74, 6) is -1.23. The van der Waals surface area contributed by atoms with Crippen LogP contribution in [-0.2, 0) is 32.6 Å². The molecule has 3 amide bonds. The molecule has 39 heavy (non-hydrogen) atoms. The van der Waals surface area contributed by atoms with E-state index in [0.717, 1.165) is 5.56 Å². The van der Waals surface area contributed by atoms with Crippen molar-refractivity contribution < 1.29 is 27.5 Å². The average Bonchev–Trinajstić information content (AvgIpc) is 3.14. The molecule has 0 fully saturated rings. The van der Waals surface area contributed by atoms with Crippen LogP contribution in [0.4, 0.5) is 0 Å². The van der Waals surface area contributed by atoms with Gasteiger partial charge < -0.3 is 15.0 Å². The van der Waals surface area contributed by atoms with Crippen LogP contribution in [0.15, 0.2) is 83.8 Å². The number of sulfonamides is 1. The van der Waals surface area contributed by atoms with E-state index in [-0.39, 0.29) is 29.3 Å². The van der Waals surface area contributed by atoms with Gasteiger partial charge in [0, 0.05) is 19.5 Å². The second-order valence-corrected chi connectivity index (χ2v) is 11.0. The highest BCUT2D eigenvalue weighted by Crippen LogP contribution is 2.30. The van der Waals surface area contributed by atoms with E-state index in [1.807, 2.05) is 37.3 Å². The molecule has 9 nitrogen and oxygen atoms in total. The van der Waals surface area contributed by atoms with Crippen molar-refractivity contribution in [3.63, 3.8) is 0 Å². The number of carbonyl (C=O) groups is 3. The minimum absolute atomic E-state index is 0.00209. The van der Waals surface area contributed by atoms with Crippen molar-refractivity contribution in [2.45, 2.75) is 37.2 Å². The second-order valence-electron chi connectivity index (χ2n) is 9.18. The Kier molecular flexibility index (Phi) is 8.65. The number of ether oxygens (including phenoxy) is 1. The third-order valence-corrected chi connectivity index (χ3v) is 8.29. The summed E-state index contributed by atoms with van der Waals surface area (Å²) >= 11 is 0. The van der Waals surface area contributed by atoms with E-state index in [4.69, 9.17) is 4.74 Å². The van der Waals surface area contributed by atoms with Crippen molar-refractivity contribution in [1.29, 1.82) is 0 Å². The van der Waals surface area contributed by atoms with Crippen LogP contribution in [0.3, 0.4) is 0 Å². The van der Waals surface area contributed by atoms with Crippen molar-refractivity contribution in [2.75, 3.05) is 20.2 Å². The van der Waals surface area contributed by atoms with Crippen molar-refractivity contribution >= 4 is 27.7 Å². The van der Waals surface area contributed by atoms with Crippen LogP contribution in [0.5, 0.6) is 5.75 Å². The van der Waals surface area contributed by atoms with Gasteiger partial charge in [-0.2, -0.15) is 0 Å². The van der Waals surface area contributed by atoms with E-state index in [1.54, 1.807) is 30.3 Å². The minimum atomic E-state index is -4.21. The lowest BCUT2D eigenvalue weighted by Crippen LogP contribution is -2.53. The van der Waals surface area contributed by atoms with Gasteiger partial charge in [0.05, 0.1) is 12.7 Å². The summed E-state index contributed by atoms with van der Waals surface area (Å²) in [6.45, 7) is 1.61. The monoisotopic (exact) mass is 549 g/mol. The summed E-state index contributed by atoms with van der Waals surface area (Å²) in [4.78, 5) is 41.6. The Bertz CT molecular complexity index is 1460. The fraction of sp³-hybridized carbons (Fsp3) is 0.276. The number of benzene rings is 3. The van der Waals surface area contributed by atoms with E-state index in [2.05, 4.69) is 5.32 Å². The number of rotatable bonds is 11. The van der Waals surface area contributed by atoms with Crippen LogP contribution < -0.4 is 10.1 Å². The standard InChI is InChI=1S/C29H31N3O6S/c1-3-16-30-28(34)25(18-21-10-5-4-6-11-21)31(19-22-12-9-13-23(17-22)38-2)27(33)20-32-29(35)24-14-7-8-15-26(24)39(32,36)37/h4-15,17,25H,3,16,18-20H2,1-2H3,(H,30,34)/t25-/m0/s1. The number of carbonyl (C=O) groups excluding carboxylic acids is 3. The summed E-state index contributed by atoms with van der Waals surface area (Å²) in [6, 6.07) is 21.2. The second kappa shape index (κ2) is 12.1. The average molecular weight is 550 g/mol. The SMILES string of the molecule is CCCNC(=O)[C@H](Cc1ccccc1)N(Cc1cccc(OC)c1)C(=O)CN1C(=O)c2ccccc2S1(=O)=O. The summed E-state index contributed by atoms with van der Waals surface area (Å²) in [6.07, 6.45) is 0.902. The highest BCUT2D eigenvalue weighted by Gasteiger charge is 2.43. The number of methoxy groups -OCH3 is 1. The molecule has 0 aromatic heterocycles. The van der Waals surface area contributed by atoms with Gasteiger partial charge >= 0.3 is 0 Å². The molecular formula is C29H31N3O6S. The molecule has 0 unspecified atom stereocenters. The van der Waals surface area contributed by atoms with Gasteiger partial charge in [0.25, 0.3) is 15.9 Å². The van der Waals surface area contributed by atoms with E-state index in [9.17, 15) is 22.8 Å². The Hall–Kier alpha value is -4.18. The Morgan fingerprint density at radius 3 is 2.36 bits per heavy atom. The van der Waals surface area contributed by atoms with Crippen LogP contribution >= 0.6 is 0 Å². The number of nitrogens with zero attached hydrogens (tertiary/aromatic N) is 2. The molecule has 3 aromatic carbocycles. The molecule has 0 radical (unpaired) electrons. The number of amides is 3. The molecule has 4 rings (SSSR count). The smallest absolute Gasteiger partial charge is 0.269 e. The van der Waals surface area contributed by atoms with Crippen molar-refractivity contribution in [2.24, 2.45) is 0 Å². The lowest BCUT2D eigenvalue weighted by molar-refractivity contribution is -0.141. The summed E-state index contributed by atoms with van der Waals surface area (Å²) in [5, 5.41) is 2.87. The third kappa shape index (κ3) is 6.12. The molecule has 1 N–H and O–H groups in total. The fourth-order valence-corrected chi connectivity index (χ4v) is 6.01. The van der Waals surface area contributed by atoms with Gasteiger partial charge in [-0.15, -0.1) is 0 Å². The molecule has 10 heteroatoms. The van der Waals surface area contributed by atoms with E-state index < -0.39 is 34.4 Å². The first-order valence-electron chi connectivity index (χ1n) is 12.7. The van der Waals surface area contributed by atoms with E-state index >= 15 is 0 Å². The molecule has 0 bridgehead atoms. The first-order valence-corrected chi connectivity index (χ1v) is 14.1. The first kappa shape index (κ1) is 27.8. The quantitative estimate of drug-likeness (QED) is 0.394. The van der Waals surface area contributed by atoms with Crippen LogP contribution in [0.25, 0.3) is 0 Å². The zero-order valence-corrected chi connectivity index (χ0v) is 22.7. The molecule has 1 atom stereocenters. The fourth-order valence-electron chi connectivity index (χ4n) is 4.49. The number of nitrogens with one attached hydrogen (secondary N) is 1. The third-order valence-electron chi connectivity index (χ3n) is 6.50.